The zero-order chi connectivity index (χ0) is 13.5. The van der Waals surface area contributed by atoms with Crippen molar-refractivity contribution in [2.75, 3.05) is 13.1 Å². The van der Waals surface area contributed by atoms with Crippen molar-refractivity contribution in [2.24, 2.45) is 0 Å². The molecule has 0 aromatic carbocycles. The smallest absolute Gasteiger partial charge is 0.245 e. The van der Waals surface area contributed by atoms with E-state index in [-0.39, 0.29) is 29.4 Å². The SMILES string of the molecule is Cl.O=S(=O)(c1cncc(Cl)c1)N1C2CCNCC1CC2. The van der Waals surface area contributed by atoms with Crippen molar-refractivity contribution in [3.63, 3.8) is 0 Å². The minimum Gasteiger partial charge on any atom is -0.315 e. The van der Waals surface area contributed by atoms with Gasteiger partial charge >= 0.3 is 0 Å². The number of hydrogen-bond donors (Lipinski definition) is 1. The molecule has 3 heterocycles. The molecule has 2 unspecified atom stereocenters. The largest absolute Gasteiger partial charge is 0.315 e. The van der Waals surface area contributed by atoms with E-state index >= 15 is 0 Å². The monoisotopic (exact) mass is 337 g/mol. The molecule has 1 aromatic rings. The number of aromatic nitrogens is 1. The van der Waals surface area contributed by atoms with Crippen molar-refractivity contribution in [3.05, 3.63) is 23.5 Å². The molecular weight excluding hydrogens is 321 g/mol. The number of nitrogens with zero attached hydrogens (tertiary/aromatic N) is 2. The molecule has 3 rings (SSSR count). The van der Waals surface area contributed by atoms with Crippen LogP contribution in [0.5, 0.6) is 0 Å². The van der Waals surface area contributed by atoms with Crippen LogP contribution in [0, 0.1) is 0 Å². The van der Waals surface area contributed by atoms with Gasteiger partial charge in [-0.1, -0.05) is 11.6 Å². The van der Waals surface area contributed by atoms with Gasteiger partial charge in [0.2, 0.25) is 10.0 Å². The number of rotatable bonds is 2. The Hall–Kier alpha value is -0.400. The van der Waals surface area contributed by atoms with Gasteiger partial charge in [0.05, 0.1) is 5.02 Å². The Kier molecular flexibility index (Phi) is 4.92. The lowest BCUT2D eigenvalue weighted by Crippen LogP contribution is -2.42. The number of nitrogens with one attached hydrogen (secondary N) is 1. The summed E-state index contributed by atoms with van der Waals surface area (Å²) < 4.78 is 27.2. The zero-order valence-electron chi connectivity index (χ0n) is 10.8. The first kappa shape index (κ1) is 16.0. The van der Waals surface area contributed by atoms with Crippen LogP contribution in [0.15, 0.2) is 23.4 Å². The second kappa shape index (κ2) is 6.15. The maximum absolute atomic E-state index is 12.8. The molecule has 8 heteroatoms. The second-order valence-electron chi connectivity index (χ2n) is 5.05. The molecule has 2 aliphatic heterocycles. The predicted octanol–water partition coefficient (Wildman–Crippen LogP) is 1.67. The minimum absolute atomic E-state index is 0. The standard InChI is InChI=1S/C12H16ClN3O2S.ClH/c13-9-5-12(8-15-6-9)19(17,18)16-10-1-2-11(16)7-14-4-3-10;/h5-6,8,10-11,14H,1-4,7H2;1H. The van der Waals surface area contributed by atoms with Gasteiger partial charge in [0.1, 0.15) is 4.90 Å². The third-order valence-electron chi connectivity index (χ3n) is 3.84. The molecule has 0 radical (unpaired) electrons. The third kappa shape index (κ3) is 2.80. The summed E-state index contributed by atoms with van der Waals surface area (Å²) >= 11 is 5.85. The topological polar surface area (TPSA) is 62.3 Å². The molecule has 1 N–H and O–H groups in total. The highest BCUT2D eigenvalue weighted by Gasteiger charge is 2.43. The summed E-state index contributed by atoms with van der Waals surface area (Å²) in [4.78, 5) is 4.08. The molecule has 2 fully saturated rings. The number of fused-ring (bicyclic) bond motifs is 2. The van der Waals surface area contributed by atoms with Gasteiger partial charge in [-0.2, -0.15) is 4.31 Å². The Morgan fingerprint density at radius 1 is 1.25 bits per heavy atom. The van der Waals surface area contributed by atoms with Crippen LogP contribution in [0.25, 0.3) is 0 Å². The number of sulfonamides is 1. The maximum Gasteiger partial charge on any atom is 0.245 e. The predicted molar refractivity (Wildman–Crippen MR) is 79.8 cm³/mol. The summed E-state index contributed by atoms with van der Waals surface area (Å²) in [5.74, 6) is 0. The van der Waals surface area contributed by atoms with Crippen LogP contribution in [-0.4, -0.2) is 42.9 Å². The first-order chi connectivity index (χ1) is 9.09. The van der Waals surface area contributed by atoms with Crippen LogP contribution >= 0.6 is 24.0 Å². The fraction of sp³-hybridized carbons (Fsp3) is 0.583. The van der Waals surface area contributed by atoms with Crippen molar-refractivity contribution in [1.82, 2.24) is 14.6 Å². The Labute approximate surface area is 130 Å². The van der Waals surface area contributed by atoms with Crippen molar-refractivity contribution < 1.29 is 8.42 Å². The Morgan fingerprint density at radius 3 is 2.75 bits per heavy atom. The van der Waals surface area contributed by atoms with Crippen LogP contribution in [-0.2, 0) is 10.0 Å². The van der Waals surface area contributed by atoms with E-state index in [9.17, 15) is 8.42 Å². The fourth-order valence-electron chi connectivity index (χ4n) is 2.99. The van der Waals surface area contributed by atoms with E-state index in [2.05, 4.69) is 10.3 Å². The zero-order valence-corrected chi connectivity index (χ0v) is 13.2. The van der Waals surface area contributed by atoms with Crippen molar-refractivity contribution in [2.45, 2.75) is 36.2 Å². The van der Waals surface area contributed by atoms with E-state index in [1.165, 1.54) is 18.5 Å². The van der Waals surface area contributed by atoms with Crippen molar-refractivity contribution >= 4 is 34.0 Å². The summed E-state index contributed by atoms with van der Waals surface area (Å²) in [6.45, 7) is 1.60. The average molecular weight is 338 g/mol. The quantitative estimate of drug-likeness (QED) is 0.891. The molecule has 0 aliphatic carbocycles. The van der Waals surface area contributed by atoms with Crippen molar-refractivity contribution in [1.29, 1.82) is 0 Å². The van der Waals surface area contributed by atoms with Crippen LogP contribution in [0.4, 0.5) is 0 Å². The van der Waals surface area contributed by atoms with Crippen LogP contribution in [0.3, 0.4) is 0 Å². The van der Waals surface area contributed by atoms with E-state index in [1.54, 1.807) is 4.31 Å². The van der Waals surface area contributed by atoms with Gasteiger partial charge in [-0.3, -0.25) is 4.98 Å². The van der Waals surface area contributed by atoms with Gasteiger partial charge in [0, 0.05) is 31.0 Å². The molecule has 112 valence electrons. The maximum atomic E-state index is 12.8. The molecule has 2 saturated heterocycles. The molecule has 2 atom stereocenters. The Morgan fingerprint density at radius 2 is 2.00 bits per heavy atom. The molecule has 2 aliphatic rings. The lowest BCUT2D eigenvalue weighted by Gasteiger charge is -2.26. The fourth-order valence-corrected chi connectivity index (χ4v) is 5.11. The average Bonchev–Trinajstić information content (AvgIpc) is 2.63. The molecule has 0 spiro atoms. The van der Waals surface area contributed by atoms with E-state index in [1.807, 2.05) is 0 Å². The summed E-state index contributed by atoms with van der Waals surface area (Å²) in [5.41, 5.74) is 0. The van der Waals surface area contributed by atoms with E-state index in [4.69, 9.17) is 11.6 Å². The molecular formula is C12H17Cl2N3O2S. The van der Waals surface area contributed by atoms with Crippen LogP contribution in [0.2, 0.25) is 5.02 Å². The van der Waals surface area contributed by atoms with Gasteiger partial charge in [-0.05, 0) is 31.9 Å². The van der Waals surface area contributed by atoms with Gasteiger partial charge in [-0.25, -0.2) is 8.42 Å². The highest BCUT2D eigenvalue weighted by Crippen LogP contribution is 2.33. The van der Waals surface area contributed by atoms with E-state index in [0.717, 1.165) is 32.4 Å². The summed E-state index contributed by atoms with van der Waals surface area (Å²) in [5, 5.41) is 3.64. The number of hydrogen-bond acceptors (Lipinski definition) is 4. The molecule has 1 aromatic heterocycles. The minimum atomic E-state index is -3.50. The van der Waals surface area contributed by atoms with Crippen LogP contribution < -0.4 is 5.32 Å². The molecule has 0 amide bonds. The Balaban J connectivity index is 0.00000147. The summed E-state index contributed by atoms with van der Waals surface area (Å²) in [7, 11) is -3.50. The molecule has 0 saturated carbocycles. The third-order valence-corrected chi connectivity index (χ3v) is 6.02. The molecule has 2 bridgehead atoms. The van der Waals surface area contributed by atoms with E-state index < -0.39 is 10.0 Å². The summed E-state index contributed by atoms with van der Waals surface area (Å²) in [6, 6.07) is 1.63. The molecule has 20 heavy (non-hydrogen) atoms. The van der Waals surface area contributed by atoms with Gasteiger partial charge < -0.3 is 5.32 Å². The first-order valence-electron chi connectivity index (χ1n) is 6.44. The first-order valence-corrected chi connectivity index (χ1v) is 8.25. The second-order valence-corrected chi connectivity index (χ2v) is 7.33. The highest BCUT2D eigenvalue weighted by molar-refractivity contribution is 7.89. The normalized spacial score (nSPS) is 26.9. The number of pyridine rings is 1. The van der Waals surface area contributed by atoms with Gasteiger partial charge in [-0.15, -0.1) is 12.4 Å². The number of halogens is 2. The van der Waals surface area contributed by atoms with Gasteiger partial charge in [0.25, 0.3) is 0 Å². The van der Waals surface area contributed by atoms with Crippen LogP contribution in [0.1, 0.15) is 19.3 Å². The highest BCUT2D eigenvalue weighted by atomic mass is 35.5. The van der Waals surface area contributed by atoms with Crippen molar-refractivity contribution in [3.8, 4) is 0 Å². The molecule has 5 nitrogen and oxygen atoms in total. The van der Waals surface area contributed by atoms with Gasteiger partial charge in [0.15, 0.2) is 0 Å². The summed E-state index contributed by atoms with van der Waals surface area (Å²) in [6.07, 6.45) is 5.55. The Bertz CT molecular complexity index is 568. The lowest BCUT2D eigenvalue weighted by atomic mass is 10.1. The lowest BCUT2D eigenvalue weighted by molar-refractivity contribution is 0.334. The van der Waals surface area contributed by atoms with E-state index in [0.29, 0.717) is 5.02 Å².